The largest absolute Gasteiger partial charge is 0.497 e. The van der Waals surface area contributed by atoms with Gasteiger partial charge in [0.25, 0.3) is 11.6 Å². The Balaban J connectivity index is 0.00000289. The van der Waals surface area contributed by atoms with Gasteiger partial charge < -0.3 is 9.30 Å². The van der Waals surface area contributed by atoms with E-state index in [0.717, 1.165) is 20.7 Å². The predicted molar refractivity (Wildman–Crippen MR) is 140 cm³/mol. The minimum absolute atomic E-state index is 0. The smallest absolute Gasteiger partial charge is 0.270 e. The quantitative estimate of drug-likeness (QED) is 0.186. The molecule has 0 spiro atoms. The zero-order valence-corrected chi connectivity index (χ0v) is 20.9. The van der Waals surface area contributed by atoms with Crippen molar-refractivity contribution in [1.82, 2.24) is 14.5 Å². The van der Waals surface area contributed by atoms with Crippen molar-refractivity contribution in [2.75, 3.05) is 18.6 Å². The van der Waals surface area contributed by atoms with Crippen LogP contribution >= 0.6 is 35.1 Å². The van der Waals surface area contributed by atoms with E-state index in [1.807, 2.05) is 29.0 Å². The molecular formula is C23H20ClN5O4S2. The molecule has 5 aromatic rings. The Morgan fingerprint density at radius 1 is 1.17 bits per heavy atom. The second-order valence-electron chi connectivity index (χ2n) is 7.53. The van der Waals surface area contributed by atoms with Gasteiger partial charge in [0, 0.05) is 47.7 Å². The zero-order valence-electron chi connectivity index (χ0n) is 18.5. The molecule has 0 fully saturated rings. The number of amides is 1. The first-order valence-corrected chi connectivity index (χ1v) is 12.1. The van der Waals surface area contributed by atoms with Crippen molar-refractivity contribution < 1.29 is 14.5 Å². The summed E-state index contributed by atoms with van der Waals surface area (Å²) >= 11 is 2.75. The van der Waals surface area contributed by atoms with Gasteiger partial charge in [0.2, 0.25) is 0 Å². The number of thiophene rings is 1. The average molecular weight is 530 g/mol. The van der Waals surface area contributed by atoms with E-state index in [1.165, 1.54) is 34.8 Å². The molecule has 9 nitrogen and oxygen atoms in total. The molecule has 2 aromatic carbocycles. The summed E-state index contributed by atoms with van der Waals surface area (Å²) in [5.41, 5.74) is 0.793. The Bertz CT molecular complexity index is 1500. The van der Waals surface area contributed by atoms with Crippen LogP contribution < -0.4 is 9.64 Å². The second kappa shape index (κ2) is 10.4. The Morgan fingerprint density at radius 3 is 2.77 bits per heavy atom. The Morgan fingerprint density at radius 2 is 2.03 bits per heavy atom. The SMILES string of the molecule is COc1ccc2nc(N(CCCn3ccnc3)C(=O)c3cc4cc([N+](=O)[O-])ccc4s3)sc2c1.Cl. The van der Waals surface area contributed by atoms with E-state index < -0.39 is 4.92 Å². The normalized spacial score (nSPS) is 10.9. The van der Waals surface area contributed by atoms with Crippen LogP contribution in [-0.4, -0.2) is 39.0 Å². The molecule has 0 aliphatic heterocycles. The zero-order chi connectivity index (χ0) is 23.7. The molecule has 0 saturated carbocycles. The van der Waals surface area contributed by atoms with Gasteiger partial charge in [0.15, 0.2) is 5.13 Å². The van der Waals surface area contributed by atoms with Crippen molar-refractivity contribution in [3.63, 3.8) is 0 Å². The lowest BCUT2D eigenvalue weighted by molar-refractivity contribution is -0.384. The van der Waals surface area contributed by atoms with Crippen LogP contribution in [-0.2, 0) is 6.54 Å². The highest BCUT2D eigenvalue weighted by Crippen LogP contribution is 2.34. The fourth-order valence-electron chi connectivity index (χ4n) is 3.63. The van der Waals surface area contributed by atoms with Gasteiger partial charge in [-0.2, -0.15) is 0 Å². The minimum atomic E-state index is -0.434. The van der Waals surface area contributed by atoms with Crippen LogP contribution in [0.15, 0.2) is 61.2 Å². The Hall–Kier alpha value is -3.54. The molecule has 3 aromatic heterocycles. The maximum absolute atomic E-state index is 13.7. The van der Waals surface area contributed by atoms with E-state index in [-0.39, 0.29) is 24.0 Å². The van der Waals surface area contributed by atoms with Gasteiger partial charge in [-0.1, -0.05) is 11.3 Å². The molecule has 0 bridgehead atoms. The summed E-state index contributed by atoms with van der Waals surface area (Å²) < 4.78 is 9.03. The molecule has 5 rings (SSSR count). The van der Waals surface area contributed by atoms with Crippen molar-refractivity contribution in [3.8, 4) is 5.75 Å². The van der Waals surface area contributed by atoms with Crippen LogP contribution in [0.25, 0.3) is 20.3 Å². The van der Waals surface area contributed by atoms with E-state index >= 15 is 0 Å². The summed E-state index contributed by atoms with van der Waals surface area (Å²) in [6, 6.07) is 12.0. The number of benzene rings is 2. The number of thiazole rings is 1. The van der Waals surface area contributed by atoms with E-state index in [9.17, 15) is 14.9 Å². The number of nitrogens with zero attached hydrogens (tertiary/aromatic N) is 5. The van der Waals surface area contributed by atoms with Gasteiger partial charge in [-0.15, -0.1) is 23.7 Å². The summed E-state index contributed by atoms with van der Waals surface area (Å²) in [6.07, 6.45) is 6.06. The number of halogens is 1. The summed E-state index contributed by atoms with van der Waals surface area (Å²) in [7, 11) is 1.61. The third-order valence-electron chi connectivity index (χ3n) is 5.34. The van der Waals surface area contributed by atoms with Crippen LogP contribution in [0, 0.1) is 10.1 Å². The number of rotatable bonds is 8. The van der Waals surface area contributed by atoms with Crippen LogP contribution in [0.4, 0.5) is 10.8 Å². The maximum Gasteiger partial charge on any atom is 0.270 e. The number of nitro benzene ring substituents is 1. The lowest BCUT2D eigenvalue weighted by Gasteiger charge is -2.19. The van der Waals surface area contributed by atoms with Gasteiger partial charge in [0.05, 0.1) is 33.5 Å². The van der Waals surface area contributed by atoms with Crippen LogP contribution in [0.5, 0.6) is 5.75 Å². The van der Waals surface area contributed by atoms with Crippen LogP contribution in [0.2, 0.25) is 0 Å². The van der Waals surface area contributed by atoms with Gasteiger partial charge in [-0.05, 0) is 36.8 Å². The maximum atomic E-state index is 13.7. The molecule has 0 aliphatic rings. The highest BCUT2D eigenvalue weighted by Gasteiger charge is 2.23. The van der Waals surface area contributed by atoms with Gasteiger partial charge in [-0.25, -0.2) is 9.97 Å². The highest BCUT2D eigenvalue weighted by molar-refractivity contribution is 7.23. The standard InChI is InChI=1S/C23H19N5O4S2.ClH/c1-32-17-4-5-18-20(13-17)34-23(25-18)27(9-2-8-26-10-7-24-14-26)22(29)21-12-15-11-16(28(30)31)3-6-19(15)33-21;/h3-7,10-14H,2,8-9H2,1H3;1H. The third-order valence-corrected chi connectivity index (χ3v) is 7.48. The first kappa shape index (κ1) is 24.6. The van der Waals surface area contributed by atoms with E-state index in [1.54, 1.807) is 36.7 Å². The number of nitro groups is 1. The molecule has 0 aliphatic carbocycles. The number of hydrogen-bond acceptors (Lipinski definition) is 8. The lowest BCUT2D eigenvalue weighted by Crippen LogP contribution is -2.31. The summed E-state index contributed by atoms with van der Waals surface area (Å²) in [4.78, 5) is 35.3. The molecule has 12 heteroatoms. The number of methoxy groups -OCH3 is 1. The fourth-order valence-corrected chi connectivity index (χ4v) is 5.64. The highest BCUT2D eigenvalue weighted by atomic mass is 35.5. The number of anilines is 1. The number of ether oxygens (including phenoxy) is 1. The van der Waals surface area contributed by atoms with Crippen molar-refractivity contribution in [2.45, 2.75) is 13.0 Å². The number of imidazole rings is 1. The van der Waals surface area contributed by atoms with E-state index in [2.05, 4.69) is 4.98 Å². The van der Waals surface area contributed by atoms with Crippen molar-refractivity contribution >= 4 is 72.1 Å². The molecule has 0 saturated heterocycles. The van der Waals surface area contributed by atoms with E-state index in [4.69, 9.17) is 9.72 Å². The van der Waals surface area contributed by atoms with Crippen LogP contribution in [0.3, 0.4) is 0 Å². The molecule has 3 heterocycles. The molecule has 35 heavy (non-hydrogen) atoms. The average Bonchev–Trinajstić information content (AvgIpc) is 3.59. The lowest BCUT2D eigenvalue weighted by atomic mass is 10.2. The van der Waals surface area contributed by atoms with Crippen molar-refractivity contribution in [2.24, 2.45) is 0 Å². The summed E-state index contributed by atoms with van der Waals surface area (Å²) in [5.74, 6) is 0.548. The number of hydrogen-bond donors (Lipinski definition) is 0. The molecule has 0 atom stereocenters. The fraction of sp³-hybridized carbons (Fsp3) is 0.174. The molecule has 0 radical (unpaired) electrons. The van der Waals surface area contributed by atoms with Crippen molar-refractivity contribution in [1.29, 1.82) is 0 Å². The predicted octanol–water partition coefficient (Wildman–Crippen LogP) is 5.78. The third kappa shape index (κ3) is 5.11. The van der Waals surface area contributed by atoms with Gasteiger partial charge >= 0.3 is 0 Å². The second-order valence-corrected chi connectivity index (χ2v) is 9.62. The van der Waals surface area contributed by atoms with Gasteiger partial charge in [-0.3, -0.25) is 19.8 Å². The van der Waals surface area contributed by atoms with Crippen molar-refractivity contribution in [3.05, 3.63) is 76.2 Å². The summed E-state index contributed by atoms with van der Waals surface area (Å²) in [6.45, 7) is 1.17. The summed E-state index contributed by atoms with van der Waals surface area (Å²) in [5, 5.41) is 12.4. The van der Waals surface area contributed by atoms with Gasteiger partial charge in [0.1, 0.15) is 5.75 Å². The first-order valence-electron chi connectivity index (χ1n) is 10.4. The monoisotopic (exact) mass is 529 g/mol. The number of carbonyl (C=O) groups excluding carboxylic acids is 1. The first-order chi connectivity index (χ1) is 16.5. The molecule has 0 unspecified atom stereocenters. The minimum Gasteiger partial charge on any atom is -0.497 e. The number of fused-ring (bicyclic) bond motifs is 2. The topological polar surface area (TPSA) is 103 Å². The van der Waals surface area contributed by atoms with E-state index in [0.29, 0.717) is 34.9 Å². The molecular weight excluding hydrogens is 510 g/mol. The molecule has 180 valence electrons. The number of aromatic nitrogens is 3. The Kier molecular flexibility index (Phi) is 7.29. The number of aryl methyl sites for hydroxylation is 1. The number of carbonyl (C=O) groups is 1. The molecule has 0 N–H and O–H groups in total. The number of non-ortho nitro benzene ring substituents is 1. The Labute approximate surface area is 214 Å². The van der Waals surface area contributed by atoms with Crippen LogP contribution in [0.1, 0.15) is 16.1 Å². The molecule has 1 amide bonds.